The molecule has 0 heterocycles. The van der Waals surface area contributed by atoms with Gasteiger partial charge in [-0.15, -0.1) is 0 Å². The molecule has 0 bridgehead atoms. The van der Waals surface area contributed by atoms with Gasteiger partial charge in [-0.1, -0.05) is 48.5 Å². The molecule has 0 amide bonds. The molecule has 10 atom stereocenters. The number of hydrogen-bond donors (Lipinski definition) is 2. The summed E-state index contributed by atoms with van der Waals surface area (Å²) < 4.78 is 0. The molecule has 33 heavy (non-hydrogen) atoms. The quantitative estimate of drug-likeness (QED) is 0.433. The number of aliphatic hydroxyl groups excluding tert-OH is 1. The Morgan fingerprint density at radius 1 is 0.697 bits per heavy atom. The summed E-state index contributed by atoms with van der Waals surface area (Å²) in [6.45, 7) is 17.3. The molecule has 3 nitrogen and oxygen atoms in total. The number of aliphatic carboxylic acids is 1. The highest BCUT2D eigenvalue weighted by Gasteiger charge is 2.72. The molecule has 188 valence electrons. The Morgan fingerprint density at radius 3 is 1.97 bits per heavy atom. The first kappa shape index (κ1) is 24.1. The monoisotopic (exact) mass is 458 g/mol. The van der Waals surface area contributed by atoms with Crippen LogP contribution in [0.3, 0.4) is 0 Å². The Bertz CT molecular complexity index is 834. The van der Waals surface area contributed by atoms with E-state index in [1.807, 2.05) is 0 Å². The molecule has 0 aromatic heterocycles. The van der Waals surface area contributed by atoms with Gasteiger partial charge in [-0.05, 0) is 121 Å². The maximum Gasteiger partial charge on any atom is 0.309 e. The molecule has 0 spiro atoms. The Kier molecular flexibility index (Phi) is 5.13. The highest BCUT2D eigenvalue weighted by atomic mass is 16.4. The van der Waals surface area contributed by atoms with E-state index < -0.39 is 11.4 Å². The molecule has 0 aliphatic heterocycles. The zero-order valence-electron chi connectivity index (χ0n) is 22.5. The van der Waals surface area contributed by atoms with Gasteiger partial charge in [0.1, 0.15) is 0 Å². The van der Waals surface area contributed by atoms with Crippen molar-refractivity contribution in [1.29, 1.82) is 0 Å². The molecule has 5 rings (SSSR count). The fourth-order valence-corrected chi connectivity index (χ4v) is 11.4. The first-order valence-electron chi connectivity index (χ1n) is 14.1. The lowest BCUT2D eigenvalue weighted by Crippen LogP contribution is -2.69. The van der Waals surface area contributed by atoms with Crippen molar-refractivity contribution in [3.05, 3.63) is 0 Å². The number of carbonyl (C=O) groups is 1. The van der Waals surface area contributed by atoms with Crippen molar-refractivity contribution in [3.8, 4) is 0 Å². The van der Waals surface area contributed by atoms with Gasteiger partial charge >= 0.3 is 5.97 Å². The van der Waals surface area contributed by atoms with Crippen LogP contribution in [0.4, 0.5) is 0 Å². The molecule has 3 heteroatoms. The van der Waals surface area contributed by atoms with E-state index in [1.54, 1.807) is 0 Å². The van der Waals surface area contributed by atoms with Gasteiger partial charge in [0.2, 0.25) is 0 Å². The second kappa shape index (κ2) is 7.01. The van der Waals surface area contributed by atoms with Gasteiger partial charge < -0.3 is 10.2 Å². The maximum absolute atomic E-state index is 12.9. The Labute approximate surface area is 202 Å². The van der Waals surface area contributed by atoms with Crippen molar-refractivity contribution >= 4 is 5.97 Å². The van der Waals surface area contributed by atoms with Crippen LogP contribution in [-0.4, -0.2) is 22.3 Å². The highest BCUT2D eigenvalue weighted by Crippen LogP contribution is 2.78. The minimum absolute atomic E-state index is 0.0963. The largest absolute Gasteiger partial charge is 0.481 e. The summed E-state index contributed by atoms with van der Waals surface area (Å²) in [5.41, 5.74) is 0.578. The summed E-state index contributed by atoms with van der Waals surface area (Å²) in [7, 11) is 0. The predicted octanol–water partition coefficient (Wildman–Crippen LogP) is 7.31. The molecule has 2 N–H and O–H groups in total. The number of rotatable bonds is 1. The lowest BCUT2D eigenvalue weighted by atomic mass is 9.30. The number of carboxylic acids is 1. The van der Waals surface area contributed by atoms with Crippen molar-refractivity contribution in [2.75, 3.05) is 0 Å². The first-order chi connectivity index (χ1) is 15.2. The van der Waals surface area contributed by atoms with Crippen LogP contribution in [0.1, 0.15) is 119 Å². The first-order valence-corrected chi connectivity index (χ1v) is 14.1. The smallest absolute Gasteiger partial charge is 0.309 e. The third-order valence-corrected chi connectivity index (χ3v) is 13.9. The lowest BCUT2D eigenvalue weighted by Gasteiger charge is -2.74. The Hall–Kier alpha value is -0.570. The van der Waals surface area contributed by atoms with E-state index in [9.17, 15) is 15.0 Å². The highest BCUT2D eigenvalue weighted by molar-refractivity contribution is 5.76. The van der Waals surface area contributed by atoms with E-state index in [1.165, 1.54) is 25.7 Å². The molecule has 0 aromatic carbocycles. The summed E-state index contributed by atoms with van der Waals surface area (Å²) >= 11 is 0. The fourth-order valence-electron chi connectivity index (χ4n) is 11.4. The zero-order chi connectivity index (χ0) is 24.2. The predicted molar refractivity (Wildman–Crippen MR) is 133 cm³/mol. The summed E-state index contributed by atoms with van der Waals surface area (Å²) in [4.78, 5) is 12.9. The van der Waals surface area contributed by atoms with Crippen LogP contribution in [-0.2, 0) is 4.79 Å². The van der Waals surface area contributed by atoms with Gasteiger partial charge in [0.05, 0.1) is 11.5 Å². The minimum atomic E-state index is -0.510. The average Bonchev–Trinajstić information content (AvgIpc) is 2.73. The molecule has 5 aliphatic rings. The van der Waals surface area contributed by atoms with Crippen LogP contribution in [0.2, 0.25) is 0 Å². The van der Waals surface area contributed by atoms with Gasteiger partial charge in [-0.2, -0.15) is 0 Å². The molecule has 5 aliphatic carbocycles. The van der Waals surface area contributed by atoms with Crippen molar-refractivity contribution in [2.24, 2.45) is 56.2 Å². The molecule has 0 aromatic rings. The maximum atomic E-state index is 12.9. The average molecular weight is 459 g/mol. The fraction of sp³-hybridized carbons (Fsp3) is 0.967. The van der Waals surface area contributed by atoms with E-state index in [-0.39, 0.29) is 33.7 Å². The topological polar surface area (TPSA) is 57.5 Å². The van der Waals surface area contributed by atoms with E-state index >= 15 is 0 Å². The third-order valence-electron chi connectivity index (χ3n) is 13.9. The van der Waals surface area contributed by atoms with Gasteiger partial charge in [-0.25, -0.2) is 0 Å². The van der Waals surface area contributed by atoms with Gasteiger partial charge in [0.15, 0.2) is 0 Å². The second-order valence-electron chi connectivity index (χ2n) is 15.3. The minimum Gasteiger partial charge on any atom is -0.481 e. The van der Waals surface area contributed by atoms with E-state index in [4.69, 9.17) is 0 Å². The van der Waals surface area contributed by atoms with Crippen LogP contribution >= 0.6 is 0 Å². The summed E-state index contributed by atoms with van der Waals surface area (Å²) in [6, 6.07) is 0. The molecule has 5 fully saturated rings. The van der Waals surface area contributed by atoms with Gasteiger partial charge in [0, 0.05) is 0 Å². The summed E-state index contributed by atoms with van der Waals surface area (Å²) in [5.74, 6) is 1.50. The normalized spacial score (nSPS) is 57.8. The molecule has 0 radical (unpaired) electrons. The second-order valence-corrected chi connectivity index (χ2v) is 15.3. The van der Waals surface area contributed by atoms with Gasteiger partial charge in [0.25, 0.3) is 0 Å². The van der Waals surface area contributed by atoms with Crippen molar-refractivity contribution in [3.63, 3.8) is 0 Å². The van der Waals surface area contributed by atoms with E-state index in [0.29, 0.717) is 23.2 Å². The Balaban J connectivity index is 1.57. The number of carboxylic acid groups (broad SMARTS) is 1. The standard InChI is InChI=1S/C30H50O3/c1-19-20(31)8-9-21-26(19,4)11-10-22-27(21,5)13-14-29(7)23-18-25(2,3)12-16-30(23,24(32)33)17-15-28(22,29)6/h19-23,31H,8-18H2,1-7H3,(H,32,33)/t19-,20-,21-,22+,23+,26-,27+,28-,29+,30-/m0/s1. The van der Waals surface area contributed by atoms with E-state index in [0.717, 1.165) is 44.9 Å². The van der Waals surface area contributed by atoms with Crippen LogP contribution in [0.5, 0.6) is 0 Å². The summed E-state index contributed by atoms with van der Waals surface area (Å²) in [5, 5.41) is 21.3. The molecule has 5 saturated carbocycles. The number of hydrogen-bond acceptors (Lipinski definition) is 2. The van der Waals surface area contributed by atoms with Crippen molar-refractivity contribution in [1.82, 2.24) is 0 Å². The molecular formula is C30H50O3. The summed E-state index contributed by atoms with van der Waals surface area (Å²) in [6.07, 6.45) is 11.8. The van der Waals surface area contributed by atoms with Crippen LogP contribution < -0.4 is 0 Å². The van der Waals surface area contributed by atoms with Gasteiger partial charge in [-0.3, -0.25) is 4.79 Å². The molecular weight excluding hydrogens is 408 g/mol. The number of aliphatic hydroxyl groups is 1. The van der Waals surface area contributed by atoms with Crippen molar-refractivity contribution in [2.45, 2.75) is 125 Å². The van der Waals surface area contributed by atoms with Crippen molar-refractivity contribution < 1.29 is 15.0 Å². The van der Waals surface area contributed by atoms with Crippen LogP contribution in [0, 0.1) is 56.2 Å². The van der Waals surface area contributed by atoms with Crippen LogP contribution in [0.25, 0.3) is 0 Å². The molecule has 0 saturated heterocycles. The third kappa shape index (κ3) is 2.87. The lowest BCUT2D eigenvalue weighted by molar-refractivity contribution is -0.265. The Morgan fingerprint density at radius 2 is 1.30 bits per heavy atom. The van der Waals surface area contributed by atoms with Crippen LogP contribution in [0.15, 0.2) is 0 Å². The molecule has 0 unspecified atom stereocenters. The van der Waals surface area contributed by atoms with E-state index in [2.05, 4.69) is 48.5 Å². The SMILES string of the molecule is C[C@H]1[C@@H](O)CC[C@@H]2[C@@]3(C)CC[C@]4(C)[C@H]5CC(C)(C)CC[C@]5(C(=O)O)CC[C@@]4(C)[C@@H]3CC[C@]21C. The number of fused-ring (bicyclic) bond motifs is 7. The zero-order valence-corrected chi connectivity index (χ0v) is 22.5.